The molecular weight excluding hydrogens is 404 g/mol. The SMILES string of the molecule is COc1cc(OC)c(OC)cc1CCc1cn(Cc2ccccc2)c2nc(N)nc(C)c12. The van der Waals surface area contributed by atoms with Gasteiger partial charge in [-0.05, 0) is 42.5 Å². The van der Waals surface area contributed by atoms with Crippen LogP contribution in [0.4, 0.5) is 5.95 Å². The lowest BCUT2D eigenvalue weighted by Gasteiger charge is -2.14. The number of aromatic nitrogens is 3. The second-order valence-electron chi connectivity index (χ2n) is 7.65. The molecule has 0 atom stereocenters. The van der Waals surface area contributed by atoms with Crippen molar-refractivity contribution in [2.24, 2.45) is 0 Å². The number of hydrogen-bond acceptors (Lipinski definition) is 6. The maximum absolute atomic E-state index is 5.98. The van der Waals surface area contributed by atoms with Crippen molar-refractivity contribution in [3.63, 3.8) is 0 Å². The first kappa shape index (κ1) is 21.5. The number of ether oxygens (including phenoxy) is 3. The number of fused-ring (bicyclic) bond motifs is 1. The Morgan fingerprint density at radius 3 is 2.19 bits per heavy atom. The lowest BCUT2D eigenvalue weighted by atomic mass is 10.0. The van der Waals surface area contributed by atoms with Crippen LogP contribution in [0.2, 0.25) is 0 Å². The summed E-state index contributed by atoms with van der Waals surface area (Å²) in [5.41, 5.74) is 11.1. The summed E-state index contributed by atoms with van der Waals surface area (Å²) < 4.78 is 18.6. The van der Waals surface area contributed by atoms with Crippen molar-refractivity contribution in [1.82, 2.24) is 14.5 Å². The lowest BCUT2D eigenvalue weighted by molar-refractivity contribution is 0.347. The number of nitrogen functional groups attached to an aromatic ring is 1. The van der Waals surface area contributed by atoms with Crippen LogP contribution in [0.15, 0.2) is 48.7 Å². The molecule has 0 saturated carbocycles. The molecule has 0 bridgehead atoms. The molecule has 0 spiro atoms. The number of nitrogens with two attached hydrogens (primary N) is 1. The monoisotopic (exact) mass is 432 g/mol. The van der Waals surface area contributed by atoms with Gasteiger partial charge < -0.3 is 24.5 Å². The Balaban J connectivity index is 1.71. The van der Waals surface area contributed by atoms with Crippen LogP contribution in [0.5, 0.6) is 17.2 Å². The fourth-order valence-electron chi connectivity index (χ4n) is 4.12. The fraction of sp³-hybridized carbons (Fsp3) is 0.280. The Bertz CT molecular complexity index is 1240. The van der Waals surface area contributed by atoms with Crippen LogP contribution in [0.1, 0.15) is 22.4 Å². The van der Waals surface area contributed by atoms with E-state index in [2.05, 4.69) is 32.9 Å². The first-order valence-electron chi connectivity index (χ1n) is 10.5. The van der Waals surface area contributed by atoms with Crippen LogP contribution in [-0.2, 0) is 19.4 Å². The number of nitrogens with zero attached hydrogens (tertiary/aromatic N) is 3. The maximum Gasteiger partial charge on any atom is 0.222 e. The van der Waals surface area contributed by atoms with Crippen molar-refractivity contribution < 1.29 is 14.2 Å². The molecular formula is C25H28N4O3. The molecule has 4 aromatic rings. The molecule has 0 aliphatic heterocycles. The van der Waals surface area contributed by atoms with Crippen molar-refractivity contribution >= 4 is 17.0 Å². The first-order valence-corrected chi connectivity index (χ1v) is 10.5. The third-order valence-electron chi connectivity index (χ3n) is 5.64. The lowest BCUT2D eigenvalue weighted by Crippen LogP contribution is -2.03. The fourth-order valence-corrected chi connectivity index (χ4v) is 4.12. The highest BCUT2D eigenvalue weighted by Crippen LogP contribution is 2.35. The van der Waals surface area contributed by atoms with Crippen molar-refractivity contribution in [2.45, 2.75) is 26.3 Å². The highest BCUT2D eigenvalue weighted by molar-refractivity contribution is 5.84. The van der Waals surface area contributed by atoms with Crippen LogP contribution in [0, 0.1) is 6.92 Å². The van der Waals surface area contributed by atoms with E-state index in [1.165, 1.54) is 11.1 Å². The number of benzene rings is 2. The number of rotatable bonds is 8. The molecule has 7 nitrogen and oxygen atoms in total. The highest BCUT2D eigenvalue weighted by Gasteiger charge is 2.17. The average molecular weight is 433 g/mol. The third-order valence-corrected chi connectivity index (χ3v) is 5.64. The maximum atomic E-state index is 5.98. The molecule has 2 aromatic heterocycles. The summed E-state index contributed by atoms with van der Waals surface area (Å²) in [6.07, 6.45) is 3.71. The van der Waals surface area contributed by atoms with Crippen molar-refractivity contribution in [2.75, 3.05) is 27.1 Å². The summed E-state index contributed by atoms with van der Waals surface area (Å²) in [5, 5.41) is 1.05. The van der Waals surface area contributed by atoms with E-state index in [4.69, 9.17) is 19.9 Å². The Morgan fingerprint density at radius 1 is 0.844 bits per heavy atom. The summed E-state index contributed by atoms with van der Waals surface area (Å²) in [6.45, 7) is 2.70. The van der Waals surface area contributed by atoms with E-state index >= 15 is 0 Å². The van der Waals surface area contributed by atoms with E-state index in [1.54, 1.807) is 21.3 Å². The highest BCUT2D eigenvalue weighted by atomic mass is 16.5. The Hall–Kier alpha value is -3.74. The minimum Gasteiger partial charge on any atom is -0.496 e. The first-order chi connectivity index (χ1) is 15.5. The predicted octanol–water partition coefficient (Wildman–Crippen LogP) is 4.18. The minimum atomic E-state index is 0.288. The van der Waals surface area contributed by atoms with Gasteiger partial charge in [-0.3, -0.25) is 0 Å². The van der Waals surface area contributed by atoms with E-state index in [1.807, 2.05) is 37.3 Å². The molecule has 0 amide bonds. The van der Waals surface area contributed by atoms with Gasteiger partial charge in [0.2, 0.25) is 5.95 Å². The quantitative estimate of drug-likeness (QED) is 0.450. The molecule has 0 aliphatic carbocycles. The van der Waals surface area contributed by atoms with E-state index in [0.717, 1.165) is 40.9 Å². The van der Waals surface area contributed by atoms with Gasteiger partial charge in [0.15, 0.2) is 11.5 Å². The van der Waals surface area contributed by atoms with Gasteiger partial charge in [-0.25, -0.2) is 4.98 Å². The number of hydrogen-bond donors (Lipinski definition) is 1. The molecule has 0 unspecified atom stereocenters. The molecule has 32 heavy (non-hydrogen) atoms. The van der Waals surface area contributed by atoms with E-state index in [9.17, 15) is 0 Å². The van der Waals surface area contributed by atoms with Crippen LogP contribution in [-0.4, -0.2) is 35.9 Å². The molecule has 2 heterocycles. The van der Waals surface area contributed by atoms with Crippen LogP contribution in [0.3, 0.4) is 0 Å². The van der Waals surface area contributed by atoms with Crippen LogP contribution < -0.4 is 19.9 Å². The molecule has 0 aliphatic rings. The van der Waals surface area contributed by atoms with E-state index in [-0.39, 0.29) is 5.95 Å². The van der Waals surface area contributed by atoms with Crippen LogP contribution in [0.25, 0.3) is 11.0 Å². The molecule has 7 heteroatoms. The predicted molar refractivity (Wildman–Crippen MR) is 126 cm³/mol. The standard InChI is InChI=1S/C25H28N4O3/c1-16-23-19(11-10-18-12-21(31-3)22(32-4)13-20(18)30-2)15-29(24(23)28-25(26)27-16)14-17-8-6-5-7-9-17/h5-9,12-13,15H,10-11,14H2,1-4H3,(H2,26,27,28). The molecule has 2 N–H and O–H groups in total. The summed E-state index contributed by atoms with van der Waals surface area (Å²) >= 11 is 0. The Morgan fingerprint density at radius 2 is 1.50 bits per heavy atom. The van der Waals surface area contributed by atoms with Gasteiger partial charge in [-0.2, -0.15) is 4.98 Å². The van der Waals surface area contributed by atoms with Gasteiger partial charge >= 0.3 is 0 Å². The number of anilines is 1. The minimum absolute atomic E-state index is 0.288. The summed E-state index contributed by atoms with van der Waals surface area (Å²) in [4.78, 5) is 8.97. The van der Waals surface area contributed by atoms with Gasteiger partial charge in [-0.1, -0.05) is 30.3 Å². The van der Waals surface area contributed by atoms with Crippen LogP contribution >= 0.6 is 0 Å². The van der Waals surface area contributed by atoms with Crippen molar-refractivity contribution in [3.05, 3.63) is 71.0 Å². The normalized spacial score (nSPS) is 11.0. The van der Waals surface area contributed by atoms with Gasteiger partial charge in [0.1, 0.15) is 11.4 Å². The molecule has 0 fully saturated rings. The molecule has 0 radical (unpaired) electrons. The van der Waals surface area contributed by atoms with Gasteiger partial charge in [0.05, 0.1) is 27.0 Å². The summed E-state index contributed by atoms with van der Waals surface area (Å²) in [5.74, 6) is 2.39. The molecule has 166 valence electrons. The van der Waals surface area contributed by atoms with E-state index in [0.29, 0.717) is 18.0 Å². The zero-order valence-corrected chi connectivity index (χ0v) is 18.9. The molecule has 0 saturated heterocycles. The van der Waals surface area contributed by atoms with Crippen molar-refractivity contribution in [1.29, 1.82) is 0 Å². The topological polar surface area (TPSA) is 84.4 Å². The summed E-state index contributed by atoms with van der Waals surface area (Å²) in [6, 6.07) is 14.2. The number of methoxy groups -OCH3 is 3. The number of aryl methyl sites for hydroxylation is 3. The molecule has 4 rings (SSSR count). The van der Waals surface area contributed by atoms with Gasteiger partial charge in [-0.15, -0.1) is 0 Å². The Labute approximate surface area is 187 Å². The second kappa shape index (κ2) is 9.18. The largest absolute Gasteiger partial charge is 0.496 e. The smallest absolute Gasteiger partial charge is 0.222 e. The Kier molecular flexibility index (Phi) is 6.16. The zero-order valence-electron chi connectivity index (χ0n) is 18.9. The van der Waals surface area contributed by atoms with E-state index < -0.39 is 0 Å². The van der Waals surface area contributed by atoms with Gasteiger partial charge in [0, 0.05) is 24.2 Å². The average Bonchev–Trinajstić information content (AvgIpc) is 3.14. The summed E-state index contributed by atoms with van der Waals surface area (Å²) in [7, 11) is 4.92. The molecule has 2 aromatic carbocycles. The third kappa shape index (κ3) is 4.19. The van der Waals surface area contributed by atoms with Gasteiger partial charge in [0.25, 0.3) is 0 Å². The second-order valence-corrected chi connectivity index (χ2v) is 7.65. The zero-order chi connectivity index (χ0) is 22.7. The van der Waals surface area contributed by atoms with Crippen molar-refractivity contribution in [3.8, 4) is 17.2 Å².